The van der Waals surface area contributed by atoms with Gasteiger partial charge in [-0.3, -0.25) is 9.78 Å². The minimum atomic E-state index is -0.327. The second-order valence-electron chi connectivity index (χ2n) is 1.83. The summed E-state index contributed by atoms with van der Waals surface area (Å²) >= 11 is 6.56. The number of pyridine rings is 1. The van der Waals surface area contributed by atoms with Crippen LogP contribution >= 0.6 is 35.8 Å². The summed E-state index contributed by atoms with van der Waals surface area (Å²) in [4.78, 5) is 15.2. The lowest BCUT2D eigenvalue weighted by Crippen LogP contribution is -1.88. The van der Waals surface area contributed by atoms with Crippen molar-refractivity contribution in [3.8, 4) is 0 Å². The Kier molecular flexibility index (Phi) is 6.16. The van der Waals surface area contributed by atoms with E-state index in [0.29, 0.717) is 5.75 Å². The van der Waals surface area contributed by atoms with Gasteiger partial charge in [0.25, 0.3) is 0 Å². The Balaban J connectivity index is 0.00000121. The summed E-state index contributed by atoms with van der Waals surface area (Å²) in [5, 5.41) is -0.327. The van der Waals surface area contributed by atoms with E-state index in [1.165, 1.54) is 11.8 Å². The minimum absolute atomic E-state index is 0. The zero-order valence-electron chi connectivity index (χ0n) is 6.07. The maximum Gasteiger partial charge on any atom is 0.231 e. The lowest BCUT2D eigenvalue weighted by atomic mass is 10.5. The Morgan fingerprint density at radius 1 is 1.50 bits per heavy atom. The van der Waals surface area contributed by atoms with E-state index in [-0.39, 0.29) is 17.6 Å². The van der Waals surface area contributed by atoms with Gasteiger partial charge in [0.05, 0.1) is 5.75 Å². The van der Waals surface area contributed by atoms with Crippen molar-refractivity contribution in [2.24, 2.45) is 0 Å². The topological polar surface area (TPSA) is 30.0 Å². The van der Waals surface area contributed by atoms with Crippen molar-refractivity contribution in [3.05, 3.63) is 24.5 Å². The van der Waals surface area contributed by atoms with Crippen molar-refractivity contribution in [1.82, 2.24) is 4.98 Å². The highest BCUT2D eigenvalue weighted by molar-refractivity contribution is 8.00. The predicted octanol–water partition coefficient (Wildman–Crippen LogP) is 2.36. The standard InChI is InChI=1S/C7H6ClNOS.ClH/c8-7(10)5-11-6-1-3-9-4-2-6;/h1-4H,5H2;1H. The molecule has 12 heavy (non-hydrogen) atoms. The van der Waals surface area contributed by atoms with Crippen LogP contribution in [0.5, 0.6) is 0 Å². The van der Waals surface area contributed by atoms with Crippen LogP contribution in [-0.2, 0) is 4.79 Å². The molecular weight excluding hydrogens is 217 g/mol. The smallest absolute Gasteiger partial charge is 0.231 e. The Morgan fingerprint density at radius 3 is 2.58 bits per heavy atom. The summed E-state index contributed by atoms with van der Waals surface area (Å²) in [6, 6.07) is 3.68. The molecule has 1 aromatic rings. The van der Waals surface area contributed by atoms with E-state index in [2.05, 4.69) is 4.98 Å². The minimum Gasteiger partial charge on any atom is -0.280 e. The molecule has 0 aromatic carbocycles. The molecule has 0 atom stereocenters. The van der Waals surface area contributed by atoms with E-state index in [1.54, 1.807) is 12.4 Å². The molecule has 5 heteroatoms. The molecule has 0 aliphatic carbocycles. The van der Waals surface area contributed by atoms with Crippen molar-refractivity contribution >= 4 is 41.0 Å². The van der Waals surface area contributed by atoms with E-state index < -0.39 is 0 Å². The first-order valence-electron chi connectivity index (χ1n) is 3.00. The molecule has 2 nitrogen and oxygen atoms in total. The monoisotopic (exact) mass is 223 g/mol. The molecule has 0 fully saturated rings. The highest BCUT2D eigenvalue weighted by Gasteiger charge is 1.96. The van der Waals surface area contributed by atoms with Gasteiger partial charge in [-0.1, -0.05) is 0 Å². The van der Waals surface area contributed by atoms with Crippen LogP contribution in [0.25, 0.3) is 0 Å². The van der Waals surface area contributed by atoms with Gasteiger partial charge in [-0.25, -0.2) is 0 Å². The highest BCUT2D eigenvalue weighted by Crippen LogP contribution is 2.16. The van der Waals surface area contributed by atoms with Crippen molar-refractivity contribution in [3.63, 3.8) is 0 Å². The van der Waals surface area contributed by atoms with Crippen LogP contribution in [0, 0.1) is 0 Å². The molecule has 1 heterocycles. The van der Waals surface area contributed by atoms with Crippen LogP contribution in [0.2, 0.25) is 0 Å². The number of carbonyl (C=O) groups excluding carboxylic acids is 1. The van der Waals surface area contributed by atoms with Gasteiger partial charge >= 0.3 is 0 Å². The third-order valence-electron chi connectivity index (χ3n) is 1.00. The maximum atomic E-state index is 10.3. The van der Waals surface area contributed by atoms with E-state index >= 15 is 0 Å². The lowest BCUT2D eigenvalue weighted by Gasteiger charge is -1.94. The predicted molar refractivity (Wildman–Crippen MR) is 53.1 cm³/mol. The molecule has 0 spiro atoms. The van der Waals surface area contributed by atoms with Crippen LogP contribution in [0.3, 0.4) is 0 Å². The molecule has 66 valence electrons. The average molecular weight is 224 g/mol. The fourth-order valence-electron chi connectivity index (χ4n) is 0.575. The first-order chi connectivity index (χ1) is 5.29. The van der Waals surface area contributed by atoms with Gasteiger partial charge in [-0.2, -0.15) is 0 Å². The molecule has 0 aliphatic heterocycles. The largest absolute Gasteiger partial charge is 0.280 e. The molecule has 1 aromatic heterocycles. The van der Waals surface area contributed by atoms with E-state index in [9.17, 15) is 4.79 Å². The first-order valence-corrected chi connectivity index (χ1v) is 4.36. The number of rotatable bonds is 3. The normalized spacial score (nSPS) is 8.75. The van der Waals surface area contributed by atoms with Crippen molar-refractivity contribution < 1.29 is 4.79 Å². The molecule has 0 saturated heterocycles. The fraction of sp³-hybridized carbons (Fsp3) is 0.143. The van der Waals surface area contributed by atoms with Crippen molar-refractivity contribution in [1.29, 1.82) is 0 Å². The van der Waals surface area contributed by atoms with E-state index in [1.807, 2.05) is 12.1 Å². The molecule has 0 radical (unpaired) electrons. The number of halogens is 2. The fourth-order valence-corrected chi connectivity index (χ4v) is 1.33. The van der Waals surface area contributed by atoms with E-state index in [0.717, 1.165) is 4.90 Å². The molecule has 0 amide bonds. The summed E-state index contributed by atoms with van der Waals surface area (Å²) < 4.78 is 0. The molecule has 0 bridgehead atoms. The second-order valence-corrected chi connectivity index (χ2v) is 3.30. The van der Waals surface area contributed by atoms with E-state index in [4.69, 9.17) is 11.6 Å². The van der Waals surface area contributed by atoms with Crippen LogP contribution in [-0.4, -0.2) is 16.0 Å². The number of nitrogens with zero attached hydrogens (tertiary/aromatic N) is 1. The summed E-state index contributed by atoms with van der Waals surface area (Å²) in [5.74, 6) is 0.311. The Hall–Kier alpha value is -0.250. The van der Waals surface area contributed by atoms with Gasteiger partial charge in [0.1, 0.15) is 0 Å². The molecule has 0 N–H and O–H groups in total. The number of hydrogen-bond donors (Lipinski definition) is 0. The third kappa shape index (κ3) is 4.59. The summed E-state index contributed by atoms with van der Waals surface area (Å²) in [5.41, 5.74) is 0. The van der Waals surface area contributed by atoms with Gasteiger partial charge in [-0.15, -0.1) is 24.2 Å². The maximum absolute atomic E-state index is 10.3. The molecular formula is C7H7Cl2NOS. The summed E-state index contributed by atoms with van der Waals surface area (Å²) in [6.07, 6.45) is 3.36. The Labute approximate surface area is 86.1 Å². The zero-order chi connectivity index (χ0) is 8.10. The molecule has 0 saturated carbocycles. The van der Waals surface area contributed by atoms with Gasteiger partial charge < -0.3 is 0 Å². The van der Waals surface area contributed by atoms with Crippen LogP contribution < -0.4 is 0 Å². The quantitative estimate of drug-likeness (QED) is 0.583. The van der Waals surface area contributed by atoms with Crippen molar-refractivity contribution in [2.45, 2.75) is 4.90 Å². The number of hydrogen-bond acceptors (Lipinski definition) is 3. The Bertz CT molecular complexity index is 242. The van der Waals surface area contributed by atoms with Crippen molar-refractivity contribution in [2.75, 3.05) is 5.75 Å². The first kappa shape index (κ1) is 11.8. The lowest BCUT2D eigenvalue weighted by molar-refractivity contribution is -0.109. The van der Waals surface area contributed by atoms with Crippen LogP contribution in [0.1, 0.15) is 0 Å². The second kappa shape index (κ2) is 6.29. The number of carbonyl (C=O) groups is 1. The zero-order valence-corrected chi connectivity index (χ0v) is 8.46. The molecule has 0 unspecified atom stereocenters. The molecule has 0 aliphatic rings. The summed E-state index contributed by atoms with van der Waals surface area (Å²) in [7, 11) is 0. The van der Waals surface area contributed by atoms with Crippen LogP contribution in [0.15, 0.2) is 29.4 Å². The summed E-state index contributed by atoms with van der Waals surface area (Å²) in [6.45, 7) is 0. The SMILES string of the molecule is Cl.O=C(Cl)CSc1ccncc1. The van der Waals surface area contributed by atoms with Gasteiger partial charge in [0.2, 0.25) is 5.24 Å². The van der Waals surface area contributed by atoms with Gasteiger partial charge in [-0.05, 0) is 23.7 Å². The number of aromatic nitrogens is 1. The van der Waals surface area contributed by atoms with Gasteiger partial charge in [0, 0.05) is 17.3 Å². The average Bonchev–Trinajstić information content (AvgIpc) is 2.03. The molecule has 1 rings (SSSR count). The Morgan fingerprint density at radius 2 is 2.08 bits per heavy atom. The van der Waals surface area contributed by atoms with Gasteiger partial charge in [0.15, 0.2) is 0 Å². The highest BCUT2D eigenvalue weighted by atomic mass is 35.5. The van der Waals surface area contributed by atoms with Crippen LogP contribution in [0.4, 0.5) is 0 Å². The number of thioether (sulfide) groups is 1. The third-order valence-corrected chi connectivity index (χ3v) is 2.31.